The van der Waals surface area contributed by atoms with E-state index >= 15 is 0 Å². The van der Waals surface area contributed by atoms with E-state index < -0.39 is 0 Å². The zero-order valence-corrected chi connectivity index (χ0v) is 15.6. The first-order valence-corrected chi connectivity index (χ1v) is 8.40. The van der Waals surface area contributed by atoms with E-state index in [0.717, 1.165) is 13.0 Å². The van der Waals surface area contributed by atoms with Crippen LogP contribution in [0.1, 0.15) is 40.5 Å². The Labute approximate surface area is 141 Å². The van der Waals surface area contributed by atoms with Crippen molar-refractivity contribution < 1.29 is 19.1 Å². The van der Waals surface area contributed by atoms with Crippen LogP contribution in [0.25, 0.3) is 0 Å². The van der Waals surface area contributed by atoms with Gasteiger partial charge in [-0.3, -0.25) is 9.59 Å². The molecule has 6 nitrogen and oxygen atoms in total. The van der Waals surface area contributed by atoms with Crippen LogP contribution in [-0.2, 0) is 19.1 Å². The summed E-state index contributed by atoms with van der Waals surface area (Å²) in [6, 6.07) is 0.0989. The summed E-state index contributed by atoms with van der Waals surface area (Å²) in [7, 11) is 3.41. The van der Waals surface area contributed by atoms with Gasteiger partial charge in [-0.1, -0.05) is 13.8 Å². The molecule has 0 aliphatic heterocycles. The lowest BCUT2D eigenvalue weighted by Crippen LogP contribution is -2.38. The smallest absolute Gasteiger partial charge is 0.231 e. The summed E-state index contributed by atoms with van der Waals surface area (Å²) in [5, 5.41) is 0. The average molecular weight is 330 g/mol. The van der Waals surface area contributed by atoms with Crippen LogP contribution >= 0.6 is 0 Å². The molecule has 0 aromatic rings. The minimum Gasteiger partial charge on any atom is -0.381 e. The van der Waals surface area contributed by atoms with Gasteiger partial charge in [-0.25, -0.2) is 0 Å². The minimum atomic E-state index is -0.175. The number of nitrogens with zero attached hydrogens (tertiary/aromatic N) is 2. The molecule has 0 aromatic carbocycles. The molecule has 0 saturated carbocycles. The third kappa shape index (κ3) is 11.1. The van der Waals surface area contributed by atoms with Crippen molar-refractivity contribution in [3.05, 3.63) is 0 Å². The lowest BCUT2D eigenvalue weighted by molar-refractivity contribution is -0.140. The number of rotatable bonds is 12. The van der Waals surface area contributed by atoms with E-state index in [9.17, 15) is 9.59 Å². The highest BCUT2D eigenvalue weighted by atomic mass is 16.5. The highest BCUT2D eigenvalue weighted by Crippen LogP contribution is 2.00. The van der Waals surface area contributed by atoms with Gasteiger partial charge in [-0.15, -0.1) is 0 Å². The Hall–Kier alpha value is -1.14. The molecule has 0 fully saturated rings. The fraction of sp³-hybridized carbons (Fsp3) is 0.882. The van der Waals surface area contributed by atoms with Crippen LogP contribution in [0.15, 0.2) is 0 Å². The van der Waals surface area contributed by atoms with E-state index in [0.29, 0.717) is 32.3 Å². The quantitative estimate of drug-likeness (QED) is 0.404. The van der Waals surface area contributed by atoms with Crippen molar-refractivity contribution in [2.45, 2.75) is 46.6 Å². The van der Waals surface area contributed by atoms with Gasteiger partial charge in [0.1, 0.15) is 6.42 Å². The molecule has 0 heterocycles. The zero-order chi connectivity index (χ0) is 17.8. The van der Waals surface area contributed by atoms with Crippen molar-refractivity contribution in [2.75, 3.05) is 47.1 Å². The van der Waals surface area contributed by atoms with Gasteiger partial charge in [0.15, 0.2) is 0 Å². The van der Waals surface area contributed by atoms with Gasteiger partial charge in [0.2, 0.25) is 11.8 Å². The summed E-state index contributed by atoms with van der Waals surface area (Å²) in [5.41, 5.74) is 0. The first-order valence-electron chi connectivity index (χ1n) is 8.40. The number of likely N-dealkylation sites (N-methyl/N-ethyl adjacent to an activating group) is 1. The van der Waals surface area contributed by atoms with Crippen LogP contribution in [0, 0.1) is 5.92 Å². The number of amides is 2. The largest absolute Gasteiger partial charge is 0.381 e. The van der Waals surface area contributed by atoms with Crippen molar-refractivity contribution in [1.82, 2.24) is 9.80 Å². The maximum absolute atomic E-state index is 12.0. The Morgan fingerprint density at radius 1 is 0.913 bits per heavy atom. The lowest BCUT2D eigenvalue weighted by atomic mass is 10.2. The first kappa shape index (κ1) is 21.9. The van der Waals surface area contributed by atoms with Crippen LogP contribution in [0.2, 0.25) is 0 Å². The molecule has 136 valence electrons. The van der Waals surface area contributed by atoms with E-state index in [4.69, 9.17) is 9.47 Å². The molecule has 0 aromatic heterocycles. The Morgan fingerprint density at radius 2 is 1.52 bits per heavy atom. The van der Waals surface area contributed by atoms with Crippen LogP contribution in [0.3, 0.4) is 0 Å². The molecule has 0 spiro atoms. The molecule has 0 bridgehead atoms. The Balaban J connectivity index is 3.71. The third-order valence-corrected chi connectivity index (χ3v) is 3.50. The van der Waals surface area contributed by atoms with Gasteiger partial charge in [0.05, 0.1) is 6.61 Å². The van der Waals surface area contributed by atoms with Crippen LogP contribution < -0.4 is 0 Å². The standard InChI is InChI=1S/C17H34N2O4/c1-14(2)13-23-10-7-9-22-11-8-18(5)16(20)12-17(21)19(6)15(3)4/h14-15H,7-13H2,1-6H3. The molecule has 0 radical (unpaired) electrons. The number of ether oxygens (including phenoxy) is 2. The Bertz CT molecular complexity index is 345. The second-order valence-corrected chi connectivity index (χ2v) is 6.53. The Morgan fingerprint density at radius 3 is 2.09 bits per heavy atom. The fourth-order valence-corrected chi connectivity index (χ4v) is 1.69. The second kappa shape index (κ2) is 12.3. The average Bonchev–Trinajstić information content (AvgIpc) is 2.48. The van der Waals surface area contributed by atoms with Crippen molar-refractivity contribution in [3.8, 4) is 0 Å². The SMILES string of the molecule is CC(C)COCCCOCCN(C)C(=O)CC(=O)N(C)C(C)C. The predicted octanol–water partition coefficient (Wildman–Crippen LogP) is 1.78. The van der Waals surface area contributed by atoms with Gasteiger partial charge in [0.25, 0.3) is 0 Å². The topological polar surface area (TPSA) is 59.1 Å². The van der Waals surface area contributed by atoms with Gasteiger partial charge < -0.3 is 19.3 Å². The summed E-state index contributed by atoms with van der Waals surface area (Å²) in [5.74, 6) is 0.222. The molecule has 0 N–H and O–H groups in total. The molecule has 0 saturated heterocycles. The molecule has 0 aliphatic carbocycles. The summed E-state index contributed by atoms with van der Waals surface area (Å²) in [6.45, 7) is 11.1. The first-order chi connectivity index (χ1) is 10.8. The normalized spacial score (nSPS) is 11.1. The molecule has 0 rings (SSSR count). The summed E-state index contributed by atoms with van der Waals surface area (Å²) >= 11 is 0. The predicted molar refractivity (Wildman–Crippen MR) is 91.3 cm³/mol. The van der Waals surface area contributed by atoms with Crippen LogP contribution in [-0.4, -0.2) is 74.7 Å². The van der Waals surface area contributed by atoms with E-state index in [1.54, 1.807) is 23.9 Å². The molecular formula is C17H34N2O4. The molecule has 2 amide bonds. The van der Waals surface area contributed by atoms with E-state index in [-0.39, 0.29) is 24.3 Å². The van der Waals surface area contributed by atoms with Gasteiger partial charge in [-0.05, 0) is 26.2 Å². The highest BCUT2D eigenvalue weighted by molar-refractivity contribution is 5.96. The van der Waals surface area contributed by atoms with E-state index in [1.165, 1.54) is 0 Å². The van der Waals surface area contributed by atoms with Crippen LogP contribution in [0.4, 0.5) is 0 Å². The highest BCUT2D eigenvalue weighted by Gasteiger charge is 2.18. The van der Waals surface area contributed by atoms with Gasteiger partial charge in [-0.2, -0.15) is 0 Å². The zero-order valence-electron chi connectivity index (χ0n) is 15.6. The lowest BCUT2D eigenvalue weighted by Gasteiger charge is -2.23. The number of hydrogen-bond donors (Lipinski definition) is 0. The molecule has 0 atom stereocenters. The minimum absolute atomic E-state index is 0.0891. The van der Waals surface area contributed by atoms with E-state index in [1.807, 2.05) is 13.8 Å². The van der Waals surface area contributed by atoms with Crippen molar-refractivity contribution in [1.29, 1.82) is 0 Å². The third-order valence-electron chi connectivity index (χ3n) is 3.50. The molecule has 0 unspecified atom stereocenters. The summed E-state index contributed by atoms with van der Waals surface area (Å²) in [6.07, 6.45) is 0.760. The Kier molecular flexibility index (Phi) is 11.7. The van der Waals surface area contributed by atoms with Crippen molar-refractivity contribution >= 4 is 11.8 Å². The maximum Gasteiger partial charge on any atom is 0.231 e. The number of carbonyl (C=O) groups is 2. The molecule has 23 heavy (non-hydrogen) atoms. The van der Waals surface area contributed by atoms with Gasteiger partial charge >= 0.3 is 0 Å². The molecule has 0 aliphatic rings. The monoisotopic (exact) mass is 330 g/mol. The maximum atomic E-state index is 12.0. The number of carbonyl (C=O) groups excluding carboxylic acids is 2. The van der Waals surface area contributed by atoms with Gasteiger partial charge in [0, 0.05) is 46.5 Å². The summed E-state index contributed by atoms with van der Waals surface area (Å²) in [4.78, 5) is 26.9. The van der Waals surface area contributed by atoms with Crippen molar-refractivity contribution in [2.24, 2.45) is 5.92 Å². The van der Waals surface area contributed by atoms with Crippen LogP contribution in [0.5, 0.6) is 0 Å². The molecular weight excluding hydrogens is 296 g/mol. The molecule has 6 heteroatoms. The fourth-order valence-electron chi connectivity index (χ4n) is 1.69. The number of hydrogen-bond acceptors (Lipinski definition) is 4. The second-order valence-electron chi connectivity index (χ2n) is 6.53. The summed E-state index contributed by atoms with van der Waals surface area (Å²) < 4.78 is 10.9. The van der Waals surface area contributed by atoms with E-state index in [2.05, 4.69) is 13.8 Å². The van der Waals surface area contributed by atoms with Crippen molar-refractivity contribution in [3.63, 3.8) is 0 Å².